The molecule has 102 valence electrons. The van der Waals surface area contributed by atoms with Crippen LogP contribution < -0.4 is 5.32 Å². The highest BCUT2D eigenvalue weighted by atomic mass is 32.1. The minimum Gasteiger partial charge on any atom is -0.357 e. The van der Waals surface area contributed by atoms with Crippen LogP contribution in [0.5, 0.6) is 0 Å². The second-order valence-electron chi connectivity index (χ2n) is 4.05. The van der Waals surface area contributed by atoms with Crippen LogP contribution in [0.1, 0.15) is 23.7 Å². The fourth-order valence-corrected chi connectivity index (χ4v) is 2.38. The van der Waals surface area contributed by atoms with Gasteiger partial charge in [0.25, 0.3) is 0 Å². The number of aromatic nitrogens is 1. The minimum atomic E-state index is -4.30. The van der Waals surface area contributed by atoms with E-state index in [2.05, 4.69) is 10.3 Å². The third kappa shape index (κ3) is 3.70. The van der Waals surface area contributed by atoms with Gasteiger partial charge >= 0.3 is 6.18 Å². The van der Waals surface area contributed by atoms with E-state index < -0.39 is 11.7 Å². The van der Waals surface area contributed by atoms with E-state index in [0.717, 1.165) is 29.4 Å². The number of alkyl halides is 3. The number of anilines is 1. The molecule has 0 saturated carbocycles. The Bertz CT molecular complexity index is 549. The SMILES string of the molecule is CCc1csc(NCc2cccc(C(F)(F)F)c2)n1. The molecule has 0 atom stereocenters. The number of hydrogen-bond donors (Lipinski definition) is 1. The van der Waals surface area contributed by atoms with Gasteiger partial charge in [0.2, 0.25) is 0 Å². The van der Waals surface area contributed by atoms with Crippen molar-refractivity contribution in [1.82, 2.24) is 4.98 Å². The minimum absolute atomic E-state index is 0.334. The predicted octanol–water partition coefficient (Wildman–Crippen LogP) is 4.34. The van der Waals surface area contributed by atoms with Crippen molar-refractivity contribution in [3.8, 4) is 0 Å². The van der Waals surface area contributed by atoms with Crippen LogP contribution in [0.15, 0.2) is 29.6 Å². The van der Waals surface area contributed by atoms with Gasteiger partial charge in [-0.1, -0.05) is 19.1 Å². The van der Waals surface area contributed by atoms with Gasteiger partial charge in [-0.05, 0) is 24.1 Å². The van der Waals surface area contributed by atoms with Gasteiger partial charge in [0, 0.05) is 11.9 Å². The third-order valence-electron chi connectivity index (χ3n) is 2.61. The standard InChI is InChI=1S/C13H13F3N2S/c1-2-11-8-19-12(18-11)17-7-9-4-3-5-10(6-9)13(14,15)16/h3-6,8H,2,7H2,1H3,(H,17,18). The van der Waals surface area contributed by atoms with Gasteiger partial charge in [-0.2, -0.15) is 13.2 Å². The van der Waals surface area contributed by atoms with Crippen molar-refractivity contribution in [3.63, 3.8) is 0 Å². The molecule has 0 amide bonds. The normalized spacial score (nSPS) is 11.6. The second kappa shape index (κ2) is 5.61. The molecule has 2 rings (SSSR count). The molecule has 1 aromatic heterocycles. The van der Waals surface area contributed by atoms with Gasteiger partial charge in [-0.15, -0.1) is 11.3 Å². The number of benzene rings is 1. The lowest BCUT2D eigenvalue weighted by Crippen LogP contribution is -2.06. The van der Waals surface area contributed by atoms with Gasteiger partial charge < -0.3 is 5.32 Å². The molecule has 0 unspecified atom stereocenters. The molecule has 0 aliphatic carbocycles. The van der Waals surface area contributed by atoms with Crippen LogP contribution in [0.4, 0.5) is 18.3 Å². The predicted molar refractivity (Wildman–Crippen MR) is 70.3 cm³/mol. The molecule has 0 radical (unpaired) electrons. The van der Waals surface area contributed by atoms with E-state index in [4.69, 9.17) is 0 Å². The Balaban J connectivity index is 2.03. The number of nitrogens with one attached hydrogen (secondary N) is 1. The lowest BCUT2D eigenvalue weighted by molar-refractivity contribution is -0.137. The molecule has 0 bridgehead atoms. The molecule has 19 heavy (non-hydrogen) atoms. The maximum absolute atomic E-state index is 12.5. The van der Waals surface area contributed by atoms with Crippen LogP contribution in [0.25, 0.3) is 0 Å². The van der Waals surface area contributed by atoms with E-state index in [-0.39, 0.29) is 0 Å². The summed E-state index contributed by atoms with van der Waals surface area (Å²) < 4.78 is 37.6. The average Bonchev–Trinajstić information content (AvgIpc) is 2.84. The van der Waals surface area contributed by atoms with Crippen LogP contribution in [0, 0.1) is 0 Å². The smallest absolute Gasteiger partial charge is 0.357 e. The van der Waals surface area contributed by atoms with Crippen LogP contribution in [-0.4, -0.2) is 4.98 Å². The van der Waals surface area contributed by atoms with Crippen molar-refractivity contribution in [2.75, 3.05) is 5.32 Å². The van der Waals surface area contributed by atoms with Gasteiger partial charge in [0.1, 0.15) is 0 Å². The number of halogens is 3. The molecular weight excluding hydrogens is 273 g/mol. The van der Waals surface area contributed by atoms with Crippen LogP contribution >= 0.6 is 11.3 Å². The number of thiazole rings is 1. The fourth-order valence-electron chi connectivity index (χ4n) is 1.59. The van der Waals surface area contributed by atoms with E-state index in [1.165, 1.54) is 17.4 Å². The first-order valence-electron chi connectivity index (χ1n) is 5.83. The van der Waals surface area contributed by atoms with Crippen LogP contribution in [0.2, 0.25) is 0 Å². The Morgan fingerprint density at radius 3 is 2.74 bits per heavy atom. The van der Waals surface area contributed by atoms with E-state index in [1.54, 1.807) is 6.07 Å². The molecule has 1 aromatic carbocycles. The Kier molecular flexibility index (Phi) is 4.09. The first kappa shape index (κ1) is 13.9. The monoisotopic (exact) mass is 286 g/mol. The Morgan fingerprint density at radius 1 is 1.32 bits per heavy atom. The highest BCUT2D eigenvalue weighted by Crippen LogP contribution is 2.29. The van der Waals surface area contributed by atoms with Crippen molar-refractivity contribution in [3.05, 3.63) is 46.5 Å². The quantitative estimate of drug-likeness (QED) is 0.904. The van der Waals surface area contributed by atoms with Crippen molar-refractivity contribution in [2.45, 2.75) is 26.1 Å². The topological polar surface area (TPSA) is 24.9 Å². The lowest BCUT2D eigenvalue weighted by Gasteiger charge is -2.09. The van der Waals surface area contributed by atoms with Crippen molar-refractivity contribution < 1.29 is 13.2 Å². The summed E-state index contributed by atoms with van der Waals surface area (Å²) in [7, 11) is 0. The number of hydrogen-bond acceptors (Lipinski definition) is 3. The van der Waals surface area contributed by atoms with E-state index in [1.807, 2.05) is 12.3 Å². The Hall–Kier alpha value is -1.56. The van der Waals surface area contributed by atoms with Crippen LogP contribution in [0.3, 0.4) is 0 Å². The molecular formula is C13H13F3N2S. The molecule has 0 saturated heterocycles. The molecule has 0 spiro atoms. The summed E-state index contributed by atoms with van der Waals surface area (Å²) in [5.74, 6) is 0. The fraction of sp³-hybridized carbons (Fsp3) is 0.308. The van der Waals surface area contributed by atoms with Crippen molar-refractivity contribution in [2.24, 2.45) is 0 Å². The number of rotatable bonds is 4. The highest BCUT2D eigenvalue weighted by molar-refractivity contribution is 7.13. The summed E-state index contributed by atoms with van der Waals surface area (Å²) in [6, 6.07) is 5.30. The molecule has 0 aliphatic heterocycles. The van der Waals surface area contributed by atoms with Gasteiger partial charge in [0.15, 0.2) is 5.13 Å². The second-order valence-corrected chi connectivity index (χ2v) is 4.91. The summed E-state index contributed by atoms with van der Waals surface area (Å²) in [6.07, 6.45) is -3.45. The summed E-state index contributed by atoms with van der Waals surface area (Å²) in [5.41, 5.74) is 0.944. The molecule has 1 N–H and O–H groups in total. The lowest BCUT2D eigenvalue weighted by atomic mass is 10.1. The van der Waals surface area contributed by atoms with Gasteiger partial charge in [-0.25, -0.2) is 4.98 Å². The average molecular weight is 286 g/mol. The van der Waals surface area contributed by atoms with Gasteiger partial charge in [0.05, 0.1) is 11.3 Å². The van der Waals surface area contributed by atoms with Crippen LogP contribution in [-0.2, 0) is 19.1 Å². The first-order chi connectivity index (χ1) is 8.99. The zero-order valence-electron chi connectivity index (χ0n) is 10.3. The van der Waals surface area contributed by atoms with E-state index in [9.17, 15) is 13.2 Å². The Labute approximate surface area is 113 Å². The number of nitrogens with zero attached hydrogens (tertiary/aromatic N) is 1. The van der Waals surface area contributed by atoms with E-state index >= 15 is 0 Å². The molecule has 6 heteroatoms. The molecule has 0 fully saturated rings. The maximum Gasteiger partial charge on any atom is 0.416 e. The third-order valence-corrected chi connectivity index (χ3v) is 3.46. The van der Waals surface area contributed by atoms with E-state index in [0.29, 0.717) is 12.1 Å². The molecule has 2 nitrogen and oxygen atoms in total. The van der Waals surface area contributed by atoms with Gasteiger partial charge in [-0.3, -0.25) is 0 Å². The first-order valence-corrected chi connectivity index (χ1v) is 6.71. The summed E-state index contributed by atoms with van der Waals surface area (Å²) >= 11 is 1.46. The Morgan fingerprint density at radius 2 is 2.11 bits per heavy atom. The largest absolute Gasteiger partial charge is 0.416 e. The summed E-state index contributed by atoms with van der Waals surface area (Å²) in [5, 5.41) is 5.70. The molecule has 0 aliphatic rings. The highest BCUT2D eigenvalue weighted by Gasteiger charge is 2.30. The number of aryl methyl sites for hydroxylation is 1. The zero-order chi connectivity index (χ0) is 13.9. The summed E-state index contributed by atoms with van der Waals surface area (Å²) in [6.45, 7) is 2.34. The van der Waals surface area contributed by atoms with Crippen molar-refractivity contribution in [1.29, 1.82) is 0 Å². The zero-order valence-corrected chi connectivity index (χ0v) is 11.1. The molecule has 2 aromatic rings. The van der Waals surface area contributed by atoms with Crippen molar-refractivity contribution >= 4 is 16.5 Å². The summed E-state index contributed by atoms with van der Waals surface area (Å²) in [4.78, 5) is 4.30. The molecule has 1 heterocycles. The maximum atomic E-state index is 12.5.